The number of nitrogens with two attached hydrogens (primary N) is 1. The van der Waals surface area contributed by atoms with Crippen LogP contribution in [0.25, 0.3) is 11.3 Å². The number of nitrogen functional groups attached to an aromatic ring is 1. The summed E-state index contributed by atoms with van der Waals surface area (Å²) in [5.41, 5.74) is 7.21. The van der Waals surface area contributed by atoms with E-state index in [0.29, 0.717) is 48.4 Å². The zero-order chi connectivity index (χ0) is 31.3. The highest BCUT2D eigenvalue weighted by Gasteiger charge is 2.30. The van der Waals surface area contributed by atoms with Gasteiger partial charge in [-0.1, -0.05) is 30.3 Å². The Hall–Kier alpha value is -5.33. The van der Waals surface area contributed by atoms with E-state index in [9.17, 15) is 14.4 Å². The fourth-order valence-electron chi connectivity index (χ4n) is 4.70. The van der Waals surface area contributed by atoms with Crippen molar-refractivity contribution in [3.63, 3.8) is 0 Å². The van der Waals surface area contributed by atoms with Crippen LogP contribution in [0.15, 0.2) is 73.4 Å². The van der Waals surface area contributed by atoms with Gasteiger partial charge in [-0.2, -0.15) is 5.10 Å². The predicted octanol–water partition coefficient (Wildman–Crippen LogP) is 4.43. The van der Waals surface area contributed by atoms with Crippen molar-refractivity contribution in [3.8, 4) is 11.3 Å². The van der Waals surface area contributed by atoms with Crippen molar-refractivity contribution in [1.29, 1.82) is 0 Å². The first-order valence-electron chi connectivity index (χ1n) is 14.2. The van der Waals surface area contributed by atoms with E-state index in [4.69, 9.17) is 15.2 Å². The van der Waals surface area contributed by atoms with Crippen molar-refractivity contribution in [1.82, 2.24) is 29.6 Å². The molecule has 0 saturated carbocycles. The van der Waals surface area contributed by atoms with E-state index in [1.54, 1.807) is 53.6 Å². The minimum absolute atomic E-state index is 0.0687. The third-order valence-corrected chi connectivity index (χ3v) is 6.89. The number of ether oxygens (including phenoxy) is 2. The number of carbonyl (C=O) groups excluding carboxylic acids is 3. The summed E-state index contributed by atoms with van der Waals surface area (Å²) < 4.78 is 13.0. The van der Waals surface area contributed by atoms with Crippen LogP contribution >= 0.6 is 0 Å². The molecule has 1 fully saturated rings. The lowest BCUT2D eigenvalue weighted by Gasteiger charge is -2.33. The van der Waals surface area contributed by atoms with Gasteiger partial charge < -0.3 is 25.4 Å². The fraction of sp³-hybridized carbons (Fsp3) is 0.323. The second-order valence-corrected chi connectivity index (χ2v) is 11.3. The number of nitrogens with one attached hydrogen (secondary N) is 1. The van der Waals surface area contributed by atoms with Crippen LogP contribution in [0.5, 0.6) is 0 Å². The van der Waals surface area contributed by atoms with Gasteiger partial charge in [0.05, 0.1) is 24.1 Å². The van der Waals surface area contributed by atoms with Crippen molar-refractivity contribution < 1.29 is 23.9 Å². The van der Waals surface area contributed by atoms with Gasteiger partial charge in [0, 0.05) is 48.5 Å². The van der Waals surface area contributed by atoms with Crippen molar-refractivity contribution in [2.45, 2.75) is 51.4 Å². The largest absolute Gasteiger partial charge is 0.444 e. The highest BCUT2D eigenvalue weighted by Crippen LogP contribution is 2.27. The number of rotatable bonds is 7. The molecule has 3 N–H and O–H groups in total. The molecule has 3 aromatic heterocycles. The molecule has 1 aliphatic rings. The second kappa shape index (κ2) is 12.9. The first kappa shape index (κ1) is 30.1. The zero-order valence-corrected chi connectivity index (χ0v) is 24.7. The van der Waals surface area contributed by atoms with Crippen molar-refractivity contribution in [2.75, 3.05) is 24.1 Å². The molecule has 5 rings (SSSR count). The van der Waals surface area contributed by atoms with Gasteiger partial charge in [-0.25, -0.2) is 19.6 Å². The monoisotopic (exact) mass is 598 g/mol. The molecule has 228 valence electrons. The van der Waals surface area contributed by atoms with Crippen LogP contribution in [0.2, 0.25) is 0 Å². The first-order valence-corrected chi connectivity index (χ1v) is 14.2. The Labute approximate surface area is 254 Å². The molecule has 13 nitrogen and oxygen atoms in total. The number of esters is 1. The van der Waals surface area contributed by atoms with Crippen molar-refractivity contribution in [2.24, 2.45) is 0 Å². The topological polar surface area (TPSA) is 167 Å². The van der Waals surface area contributed by atoms with E-state index in [1.165, 1.54) is 18.6 Å². The molecule has 0 aliphatic carbocycles. The van der Waals surface area contributed by atoms with E-state index in [2.05, 4.69) is 25.4 Å². The zero-order valence-electron chi connectivity index (χ0n) is 24.7. The molecule has 44 heavy (non-hydrogen) atoms. The van der Waals surface area contributed by atoms with Crippen LogP contribution < -0.4 is 11.1 Å². The Balaban J connectivity index is 1.29. The Morgan fingerprint density at radius 1 is 1.02 bits per heavy atom. The van der Waals surface area contributed by atoms with Crippen LogP contribution in [0.3, 0.4) is 0 Å². The van der Waals surface area contributed by atoms with Crippen LogP contribution in [-0.4, -0.2) is 66.3 Å². The quantitative estimate of drug-likeness (QED) is 0.291. The Bertz CT molecular complexity index is 1610. The number of nitrogens with zero attached hydrogens (tertiary/aromatic N) is 6. The van der Waals surface area contributed by atoms with E-state index in [0.717, 1.165) is 0 Å². The Kier molecular flexibility index (Phi) is 8.83. The summed E-state index contributed by atoms with van der Waals surface area (Å²) in [6.07, 6.45) is 7.77. The van der Waals surface area contributed by atoms with Gasteiger partial charge in [-0.05, 0) is 45.7 Å². The summed E-state index contributed by atoms with van der Waals surface area (Å²) in [5.74, 6) is -1.60. The van der Waals surface area contributed by atoms with E-state index < -0.39 is 23.6 Å². The third-order valence-electron chi connectivity index (χ3n) is 6.89. The Morgan fingerprint density at radius 3 is 2.41 bits per heavy atom. The van der Waals surface area contributed by atoms with Gasteiger partial charge in [-0.3, -0.25) is 14.5 Å². The highest BCUT2D eigenvalue weighted by molar-refractivity contribution is 5.99. The summed E-state index contributed by atoms with van der Waals surface area (Å²) in [7, 11) is 0. The van der Waals surface area contributed by atoms with E-state index >= 15 is 0 Å². The summed E-state index contributed by atoms with van der Waals surface area (Å²) in [6, 6.07) is 12.0. The molecule has 0 spiro atoms. The molecule has 1 aromatic carbocycles. The summed E-state index contributed by atoms with van der Waals surface area (Å²) in [6.45, 7) is 6.62. The normalized spacial score (nSPS) is 14.5. The van der Waals surface area contributed by atoms with Gasteiger partial charge in [-0.15, -0.1) is 0 Å². The SMILES string of the molecule is CC(C)(C)OC(=O)N1CCC(n2cc(-c3cnc(N)c(C(=O)O[C@@H](C(=O)Nc4ccncc4)c4ccccc4)n3)cn2)CC1. The van der Waals surface area contributed by atoms with Gasteiger partial charge in [0.2, 0.25) is 6.10 Å². The molecule has 1 atom stereocenters. The number of pyridine rings is 1. The number of hydrogen-bond donors (Lipinski definition) is 2. The molecule has 1 saturated heterocycles. The number of amides is 2. The summed E-state index contributed by atoms with van der Waals surface area (Å²) in [5, 5.41) is 7.24. The van der Waals surface area contributed by atoms with Crippen LogP contribution in [0.1, 0.15) is 61.8 Å². The standard InChI is InChI=1S/C31H34N8O5/c1-31(2,3)44-30(42)38-15-11-23(12-16-38)39-19-21(17-35-39)24-18-34-27(32)25(37-24)29(41)43-26(20-7-5-4-6-8-20)28(40)36-22-9-13-33-14-10-22/h4-10,13-14,17-19,23,26H,11-12,15-16H2,1-3H3,(H2,32,34)(H,33,36,40)/t26-/m1/s1. The maximum atomic E-state index is 13.4. The Morgan fingerprint density at radius 2 is 1.73 bits per heavy atom. The van der Waals surface area contributed by atoms with Gasteiger partial charge in [0.1, 0.15) is 5.60 Å². The molecular weight excluding hydrogens is 564 g/mol. The van der Waals surface area contributed by atoms with Crippen molar-refractivity contribution in [3.05, 3.63) is 84.7 Å². The average Bonchev–Trinajstić information content (AvgIpc) is 3.50. The maximum absolute atomic E-state index is 13.4. The lowest BCUT2D eigenvalue weighted by atomic mass is 10.1. The highest BCUT2D eigenvalue weighted by atomic mass is 16.6. The minimum Gasteiger partial charge on any atom is -0.444 e. The summed E-state index contributed by atoms with van der Waals surface area (Å²) >= 11 is 0. The maximum Gasteiger partial charge on any atom is 0.410 e. The lowest BCUT2D eigenvalue weighted by Crippen LogP contribution is -2.42. The predicted molar refractivity (Wildman–Crippen MR) is 161 cm³/mol. The molecule has 13 heteroatoms. The van der Waals surface area contributed by atoms with Crippen molar-refractivity contribution >= 4 is 29.5 Å². The van der Waals surface area contributed by atoms with E-state index in [1.807, 2.05) is 31.6 Å². The van der Waals surface area contributed by atoms with E-state index in [-0.39, 0.29) is 23.6 Å². The molecule has 0 unspecified atom stereocenters. The number of hydrogen-bond acceptors (Lipinski definition) is 10. The van der Waals surface area contributed by atoms with Crippen LogP contribution in [0.4, 0.5) is 16.3 Å². The molecule has 1 aliphatic heterocycles. The lowest BCUT2D eigenvalue weighted by molar-refractivity contribution is -0.125. The smallest absolute Gasteiger partial charge is 0.410 e. The number of aromatic nitrogens is 5. The molecular formula is C31H34N8O5. The number of carbonyl (C=O) groups is 3. The summed E-state index contributed by atoms with van der Waals surface area (Å²) in [4.78, 5) is 53.2. The number of benzene rings is 1. The van der Waals surface area contributed by atoms with Gasteiger partial charge >= 0.3 is 12.1 Å². The van der Waals surface area contributed by atoms with Crippen LogP contribution in [0, 0.1) is 0 Å². The molecule has 0 radical (unpaired) electrons. The van der Waals surface area contributed by atoms with Gasteiger partial charge in [0.15, 0.2) is 11.5 Å². The molecule has 4 aromatic rings. The average molecular weight is 599 g/mol. The van der Waals surface area contributed by atoms with Crippen LogP contribution in [-0.2, 0) is 14.3 Å². The number of likely N-dealkylation sites (tertiary alicyclic amines) is 1. The molecule has 4 heterocycles. The third kappa shape index (κ3) is 7.35. The number of piperidine rings is 1. The number of anilines is 2. The van der Waals surface area contributed by atoms with Gasteiger partial charge in [0.25, 0.3) is 5.91 Å². The molecule has 2 amide bonds. The second-order valence-electron chi connectivity index (χ2n) is 11.3. The first-order chi connectivity index (χ1) is 21.1. The fourth-order valence-corrected chi connectivity index (χ4v) is 4.70. The molecule has 0 bridgehead atoms. The minimum atomic E-state index is -1.28.